The van der Waals surface area contributed by atoms with E-state index in [1.165, 1.54) is 17.8 Å². The van der Waals surface area contributed by atoms with E-state index in [-0.39, 0.29) is 17.4 Å². The maximum atomic E-state index is 14.4. The second kappa shape index (κ2) is 9.71. The Morgan fingerprint density at radius 3 is 2.69 bits per heavy atom. The van der Waals surface area contributed by atoms with Gasteiger partial charge in [0, 0.05) is 34.9 Å². The molecule has 0 N–H and O–H groups in total. The summed E-state index contributed by atoms with van der Waals surface area (Å²) in [4.78, 5) is 17.4. The molecular weight excluding hydrogens is 465 g/mol. The van der Waals surface area contributed by atoms with Crippen molar-refractivity contribution in [2.24, 2.45) is 0 Å². The summed E-state index contributed by atoms with van der Waals surface area (Å²) < 4.78 is 23.6. The van der Waals surface area contributed by atoms with Crippen molar-refractivity contribution in [2.75, 3.05) is 5.75 Å². The number of halogens is 1. The van der Waals surface area contributed by atoms with Crippen LogP contribution in [0.1, 0.15) is 27.5 Å². The molecule has 7 nitrogen and oxygen atoms in total. The number of para-hydroxylation sites is 1. The lowest BCUT2D eigenvalue weighted by Crippen LogP contribution is -2.08. The molecule has 9 heteroatoms. The summed E-state index contributed by atoms with van der Waals surface area (Å²) >= 11 is 1.30. The van der Waals surface area contributed by atoms with Gasteiger partial charge in [0.1, 0.15) is 11.6 Å². The van der Waals surface area contributed by atoms with Gasteiger partial charge in [-0.2, -0.15) is 0 Å². The fourth-order valence-corrected chi connectivity index (χ4v) is 4.88. The quantitative estimate of drug-likeness (QED) is 0.212. The number of carbonyl (C=O) groups is 1. The minimum Gasteiger partial charge on any atom is -0.467 e. The molecule has 4 heterocycles. The second-order valence-corrected chi connectivity index (χ2v) is 8.94. The molecule has 4 aromatic heterocycles. The number of carbonyl (C=O) groups excluding carboxylic acids is 1. The molecule has 0 fully saturated rings. The highest BCUT2D eigenvalue weighted by Gasteiger charge is 2.21. The Morgan fingerprint density at radius 1 is 1.09 bits per heavy atom. The lowest BCUT2D eigenvalue weighted by atomic mass is 10.2. The van der Waals surface area contributed by atoms with E-state index < -0.39 is 0 Å². The normalized spacial score (nSPS) is 11.2. The third-order valence-corrected chi connectivity index (χ3v) is 6.65. The molecule has 0 aliphatic rings. The van der Waals surface area contributed by atoms with Gasteiger partial charge in [0.15, 0.2) is 16.8 Å². The van der Waals surface area contributed by atoms with E-state index in [4.69, 9.17) is 4.42 Å². The van der Waals surface area contributed by atoms with Crippen LogP contribution in [-0.4, -0.2) is 35.9 Å². The summed E-state index contributed by atoms with van der Waals surface area (Å²) in [6, 6.07) is 15.8. The summed E-state index contributed by atoms with van der Waals surface area (Å²) in [6.45, 7) is 4.11. The van der Waals surface area contributed by atoms with Gasteiger partial charge < -0.3 is 8.98 Å². The standard InChI is InChI=1S/C26H22FN5O2S/c1-17-13-21(18(2)32(17)23-10-4-3-9-22(23)27)24(33)16-35-26-30-29-25(19-7-5-11-28-14-19)31(26)15-20-8-6-12-34-20/h3-14H,15-16H2,1-2H3. The van der Waals surface area contributed by atoms with E-state index in [1.54, 1.807) is 47.5 Å². The lowest BCUT2D eigenvalue weighted by molar-refractivity contribution is 0.102. The highest BCUT2D eigenvalue weighted by molar-refractivity contribution is 7.99. The summed E-state index contributed by atoms with van der Waals surface area (Å²) in [5.74, 6) is 1.14. The van der Waals surface area contributed by atoms with E-state index in [0.717, 1.165) is 17.0 Å². The number of aromatic nitrogens is 5. The van der Waals surface area contributed by atoms with Crippen molar-refractivity contribution in [3.63, 3.8) is 0 Å². The molecule has 0 aliphatic heterocycles. The number of hydrogen-bond acceptors (Lipinski definition) is 6. The SMILES string of the molecule is Cc1cc(C(=O)CSc2nnc(-c3cccnc3)n2Cc2ccco2)c(C)n1-c1ccccc1F. The van der Waals surface area contributed by atoms with Crippen LogP contribution in [0.3, 0.4) is 0 Å². The zero-order chi connectivity index (χ0) is 24.4. The van der Waals surface area contributed by atoms with Crippen molar-refractivity contribution >= 4 is 17.5 Å². The average molecular weight is 488 g/mol. The molecule has 0 atom stereocenters. The number of Topliss-reactive ketones (excluding diaryl/α,β-unsaturated/α-hetero) is 1. The van der Waals surface area contributed by atoms with Crippen LogP contribution in [0.25, 0.3) is 17.1 Å². The first-order chi connectivity index (χ1) is 17.0. The highest BCUT2D eigenvalue weighted by atomic mass is 32.2. The Kier molecular flexibility index (Phi) is 6.33. The molecule has 176 valence electrons. The maximum absolute atomic E-state index is 14.4. The summed E-state index contributed by atoms with van der Waals surface area (Å²) in [7, 11) is 0. The van der Waals surface area contributed by atoms with Crippen molar-refractivity contribution in [3.8, 4) is 17.1 Å². The number of rotatable bonds is 8. The van der Waals surface area contributed by atoms with Gasteiger partial charge in [0.25, 0.3) is 0 Å². The molecule has 0 unspecified atom stereocenters. The first-order valence-corrected chi connectivity index (χ1v) is 12.0. The van der Waals surface area contributed by atoms with Crippen LogP contribution in [0.4, 0.5) is 4.39 Å². The van der Waals surface area contributed by atoms with Crippen molar-refractivity contribution in [2.45, 2.75) is 25.5 Å². The van der Waals surface area contributed by atoms with Crippen LogP contribution in [0.5, 0.6) is 0 Å². The second-order valence-electron chi connectivity index (χ2n) is 8.00. The molecule has 0 bridgehead atoms. The Bertz CT molecular complexity index is 1480. The molecule has 0 amide bonds. The fourth-order valence-electron chi connectivity index (χ4n) is 4.06. The molecular formula is C26H22FN5O2S. The predicted molar refractivity (Wildman–Crippen MR) is 131 cm³/mol. The molecule has 35 heavy (non-hydrogen) atoms. The van der Waals surface area contributed by atoms with Gasteiger partial charge in [-0.1, -0.05) is 23.9 Å². The van der Waals surface area contributed by atoms with Gasteiger partial charge in [-0.15, -0.1) is 10.2 Å². The summed E-state index contributed by atoms with van der Waals surface area (Å²) in [5, 5.41) is 9.29. The van der Waals surface area contributed by atoms with Gasteiger partial charge in [-0.3, -0.25) is 14.3 Å². The highest BCUT2D eigenvalue weighted by Crippen LogP contribution is 2.28. The monoisotopic (exact) mass is 487 g/mol. The molecule has 0 spiro atoms. The van der Waals surface area contributed by atoms with Crippen LogP contribution in [0.15, 0.2) is 82.8 Å². The number of hydrogen-bond donors (Lipinski definition) is 0. The first-order valence-electron chi connectivity index (χ1n) is 11.0. The number of furan rings is 1. The molecule has 5 aromatic rings. The molecule has 0 radical (unpaired) electrons. The summed E-state index contributed by atoms with van der Waals surface area (Å²) in [6.07, 6.45) is 5.04. The summed E-state index contributed by atoms with van der Waals surface area (Å²) in [5.41, 5.74) is 3.29. The molecule has 1 aromatic carbocycles. The number of thioether (sulfide) groups is 1. The van der Waals surface area contributed by atoms with Crippen LogP contribution in [0.2, 0.25) is 0 Å². The van der Waals surface area contributed by atoms with Gasteiger partial charge in [0.2, 0.25) is 0 Å². The van der Waals surface area contributed by atoms with Crippen molar-refractivity contribution in [3.05, 3.63) is 102 Å². The Balaban J connectivity index is 1.41. The van der Waals surface area contributed by atoms with Gasteiger partial charge in [-0.25, -0.2) is 4.39 Å². The van der Waals surface area contributed by atoms with Gasteiger partial charge in [-0.05, 0) is 56.3 Å². The minimum absolute atomic E-state index is 0.0684. The molecule has 0 saturated heterocycles. The molecule has 5 rings (SSSR count). The van der Waals surface area contributed by atoms with E-state index in [0.29, 0.717) is 34.5 Å². The Labute approximate surface area is 205 Å². The van der Waals surface area contributed by atoms with E-state index in [9.17, 15) is 9.18 Å². The van der Waals surface area contributed by atoms with E-state index in [1.807, 2.05) is 42.7 Å². The maximum Gasteiger partial charge on any atom is 0.192 e. The van der Waals surface area contributed by atoms with Crippen LogP contribution >= 0.6 is 11.8 Å². The third kappa shape index (κ3) is 4.54. The lowest BCUT2D eigenvalue weighted by Gasteiger charge is -2.11. The average Bonchev–Trinajstić information content (AvgIpc) is 3.59. The molecule has 0 saturated carbocycles. The van der Waals surface area contributed by atoms with E-state index >= 15 is 0 Å². The van der Waals surface area contributed by atoms with Crippen LogP contribution < -0.4 is 0 Å². The van der Waals surface area contributed by atoms with Crippen LogP contribution in [-0.2, 0) is 6.54 Å². The zero-order valence-electron chi connectivity index (χ0n) is 19.2. The van der Waals surface area contributed by atoms with Crippen molar-refractivity contribution in [1.82, 2.24) is 24.3 Å². The Hall–Kier alpha value is -3.98. The van der Waals surface area contributed by atoms with Crippen LogP contribution in [0, 0.1) is 19.7 Å². The topological polar surface area (TPSA) is 78.7 Å². The minimum atomic E-state index is -0.336. The largest absolute Gasteiger partial charge is 0.467 e. The predicted octanol–water partition coefficient (Wildman–Crippen LogP) is 5.50. The number of aryl methyl sites for hydroxylation is 1. The van der Waals surface area contributed by atoms with E-state index in [2.05, 4.69) is 15.2 Å². The van der Waals surface area contributed by atoms with Gasteiger partial charge >= 0.3 is 0 Å². The zero-order valence-corrected chi connectivity index (χ0v) is 20.0. The fraction of sp³-hybridized carbons (Fsp3) is 0.154. The first kappa shape index (κ1) is 22.8. The van der Waals surface area contributed by atoms with Gasteiger partial charge in [0.05, 0.1) is 24.2 Å². The third-order valence-electron chi connectivity index (χ3n) is 5.69. The number of ketones is 1. The smallest absolute Gasteiger partial charge is 0.192 e. The Morgan fingerprint density at radius 2 is 1.94 bits per heavy atom. The number of nitrogens with zero attached hydrogens (tertiary/aromatic N) is 5. The number of benzene rings is 1. The molecule has 0 aliphatic carbocycles. The van der Waals surface area contributed by atoms with Crippen molar-refractivity contribution < 1.29 is 13.6 Å². The van der Waals surface area contributed by atoms with Crippen molar-refractivity contribution in [1.29, 1.82) is 0 Å². The number of pyridine rings is 1.